The molecule has 0 radical (unpaired) electrons. The fourth-order valence-electron chi connectivity index (χ4n) is 1.97. The van der Waals surface area contributed by atoms with Gasteiger partial charge in [-0.05, 0) is 23.7 Å². The van der Waals surface area contributed by atoms with Gasteiger partial charge in [-0.2, -0.15) is 0 Å². The van der Waals surface area contributed by atoms with Crippen molar-refractivity contribution in [3.63, 3.8) is 0 Å². The van der Waals surface area contributed by atoms with Crippen LogP contribution in [-0.2, 0) is 0 Å². The van der Waals surface area contributed by atoms with Gasteiger partial charge in [-0.25, -0.2) is 0 Å². The minimum Gasteiger partial charge on any atom is -0.118 e. The van der Waals surface area contributed by atoms with Crippen molar-refractivity contribution in [1.82, 2.24) is 0 Å². The van der Waals surface area contributed by atoms with Crippen molar-refractivity contribution in [1.29, 1.82) is 0 Å². The molecule has 0 aliphatic heterocycles. The summed E-state index contributed by atoms with van der Waals surface area (Å²) in [6, 6.07) is 0. The van der Waals surface area contributed by atoms with Crippen LogP contribution >= 0.6 is 11.6 Å². The fraction of sp³-hybridized carbons (Fsp3) is 0.833. The van der Waals surface area contributed by atoms with Gasteiger partial charge in [0.25, 0.3) is 0 Å². The van der Waals surface area contributed by atoms with Gasteiger partial charge >= 0.3 is 0 Å². The van der Waals surface area contributed by atoms with E-state index in [0.717, 1.165) is 6.42 Å². The third-order valence-corrected chi connectivity index (χ3v) is 3.04. The second-order valence-electron chi connectivity index (χ2n) is 6.00. The highest BCUT2D eigenvalue weighted by Gasteiger charge is 2.31. The van der Waals surface area contributed by atoms with E-state index in [4.69, 9.17) is 11.6 Å². The Hall–Kier alpha value is 0.0300. The maximum atomic E-state index is 6.23. The van der Waals surface area contributed by atoms with E-state index < -0.39 is 0 Å². The molecule has 0 spiro atoms. The Bertz CT molecular complexity index is 218. The topological polar surface area (TPSA) is 0 Å². The van der Waals surface area contributed by atoms with Gasteiger partial charge in [-0.1, -0.05) is 46.3 Å². The largest absolute Gasteiger partial charge is 0.118 e. The van der Waals surface area contributed by atoms with Gasteiger partial charge < -0.3 is 0 Å². The van der Waals surface area contributed by atoms with E-state index in [1.54, 1.807) is 0 Å². The molecule has 0 amide bonds. The zero-order valence-electron chi connectivity index (χ0n) is 9.45. The number of hydrogen-bond donors (Lipinski definition) is 0. The molecule has 0 saturated carbocycles. The lowest BCUT2D eigenvalue weighted by atomic mass is 9.70. The molecule has 76 valence electrons. The van der Waals surface area contributed by atoms with Gasteiger partial charge in [-0.3, -0.25) is 0 Å². The van der Waals surface area contributed by atoms with Gasteiger partial charge in [0, 0.05) is 0 Å². The standard InChI is InChI=1S/C12H21Cl/c1-11(2,3)9-6-10(13)8-12(4,5)7-9/h6,10H,7-8H2,1-5H3. The van der Waals surface area contributed by atoms with Crippen LogP contribution in [0, 0.1) is 10.8 Å². The van der Waals surface area contributed by atoms with Gasteiger partial charge in [0.05, 0.1) is 5.38 Å². The summed E-state index contributed by atoms with van der Waals surface area (Å²) in [5.74, 6) is 0. The molecule has 0 aromatic heterocycles. The average molecular weight is 201 g/mol. The molecule has 0 saturated heterocycles. The predicted molar refractivity (Wildman–Crippen MR) is 60.2 cm³/mol. The molecule has 0 bridgehead atoms. The second-order valence-corrected chi connectivity index (χ2v) is 6.56. The predicted octanol–water partition coefficient (Wildman–Crippen LogP) is 4.39. The number of allylic oxidation sites excluding steroid dienone is 2. The highest BCUT2D eigenvalue weighted by atomic mass is 35.5. The molecule has 0 aromatic carbocycles. The SMILES string of the molecule is CC1(C)CC(C(C)(C)C)=CC(Cl)C1. The van der Waals surface area contributed by atoms with Crippen LogP contribution in [0.1, 0.15) is 47.5 Å². The van der Waals surface area contributed by atoms with E-state index in [1.807, 2.05) is 0 Å². The van der Waals surface area contributed by atoms with Crippen molar-refractivity contribution in [3.05, 3.63) is 11.6 Å². The van der Waals surface area contributed by atoms with Gasteiger partial charge in [-0.15, -0.1) is 11.6 Å². The normalized spacial score (nSPS) is 28.5. The van der Waals surface area contributed by atoms with Gasteiger partial charge in [0.2, 0.25) is 0 Å². The minimum absolute atomic E-state index is 0.234. The first-order chi connectivity index (χ1) is 5.71. The lowest BCUT2D eigenvalue weighted by Gasteiger charge is -2.37. The zero-order valence-corrected chi connectivity index (χ0v) is 10.2. The second kappa shape index (κ2) is 3.31. The summed E-state index contributed by atoms with van der Waals surface area (Å²) in [7, 11) is 0. The van der Waals surface area contributed by atoms with Crippen LogP contribution in [0.25, 0.3) is 0 Å². The Morgan fingerprint density at radius 2 is 1.92 bits per heavy atom. The van der Waals surface area contributed by atoms with Crippen molar-refractivity contribution in [3.8, 4) is 0 Å². The van der Waals surface area contributed by atoms with Crippen molar-refractivity contribution in [2.24, 2.45) is 10.8 Å². The minimum atomic E-state index is 0.234. The monoisotopic (exact) mass is 200 g/mol. The molecule has 1 rings (SSSR count). The third kappa shape index (κ3) is 3.02. The first kappa shape index (κ1) is 11.1. The van der Waals surface area contributed by atoms with Crippen LogP contribution in [0.15, 0.2) is 11.6 Å². The first-order valence-corrected chi connectivity index (χ1v) is 5.50. The molecule has 1 aliphatic carbocycles. The maximum absolute atomic E-state index is 6.23. The summed E-state index contributed by atoms with van der Waals surface area (Å²) in [5.41, 5.74) is 2.18. The summed E-state index contributed by atoms with van der Waals surface area (Å²) < 4.78 is 0. The van der Waals surface area contributed by atoms with Gasteiger partial charge in [0.15, 0.2) is 0 Å². The Balaban J connectivity index is 2.88. The molecule has 1 unspecified atom stereocenters. The molecule has 0 N–H and O–H groups in total. The van der Waals surface area contributed by atoms with Crippen molar-refractivity contribution in [2.75, 3.05) is 0 Å². The molecule has 0 nitrogen and oxygen atoms in total. The van der Waals surface area contributed by atoms with Gasteiger partial charge in [0.1, 0.15) is 0 Å². The lowest BCUT2D eigenvalue weighted by molar-refractivity contribution is 0.290. The molecular formula is C12H21Cl. The van der Waals surface area contributed by atoms with Crippen LogP contribution < -0.4 is 0 Å². The molecular weight excluding hydrogens is 180 g/mol. The summed E-state index contributed by atoms with van der Waals surface area (Å²) in [4.78, 5) is 0. The quantitative estimate of drug-likeness (QED) is 0.402. The fourth-order valence-corrected chi connectivity index (χ4v) is 2.54. The summed E-state index contributed by atoms with van der Waals surface area (Å²) in [6.45, 7) is 11.4. The van der Waals surface area contributed by atoms with E-state index in [1.165, 1.54) is 12.0 Å². The smallest absolute Gasteiger partial charge is 0.0524 e. The highest BCUT2D eigenvalue weighted by molar-refractivity contribution is 6.21. The summed E-state index contributed by atoms with van der Waals surface area (Å²) in [6.07, 6.45) is 4.56. The number of alkyl halides is 1. The average Bonchev–Trinajstić information content (AvgIpc) is 1.79. The van der Waals surface area contributed by atoms with Crippen molar-refractivity contribution < 1.29 is 0 Å². The Labute approximate surface area is 87.4 Å². The van der Waals surface area contributed by atoms with Crippen molar-refractivity contribution in [2.45, 2.75) is 52.8 Å². The molecule has 1 aliphatic rings. The Kier molecular flexibility index (Phi) is 2.83. The van der Waals surface area contributed by atoms with E-state index in [-0.39, 0.29) is 10.8 Å². The van der Waals surface area contributed by atoms with Crippen LogP contribution in [0.2, 0.25) is 0 Å². The zero-order chi connectivity index (χ0) is 10.3. The lowest BCUT2D eigenvalue weighted by Crippen LogP contribution is -2.27. The molecule has 1 atom stereocenters. The van der Waals surface area contributed by atoms with Crippen LogP contribution in [0.3, 0.4) is 0 Å². The Morgan fingerprint density at radius 3 is 2.31 bits per heavy atom. The number of hydrogen-bond acceptors (Lipinski definition) is 0. The first-order valence-electron chi connectivity index (χ1n) is 5.06. The summed E-state index contributed by atoms with van der Waals surface area (Å²) >= 11 is 6.23. The Morgan fingerprint density at radius 1 is 1.38 bits per heavy atom. The van der Waals surface area contributed by atoms with Crippen molar-refractivity contribution >= 4 is 11.6 Å². The van der Waals surface area contributed by atoms with E-state index in [9.17, 15) is 0 Å². The molecule has 1 heteroatoms. The van der Waals surface area contributed by atoms with E-state index >= 15 is 0 Å². The molecule has 13 heavy (non-hydrogen) atoms. The maximum Gasteiger partial charge on any atom is 0.0524 e. The number of halogens is 1. The molecule has 0 fully saturated rings. The number of rotatable bonds is 0. The third-order valence-electron chi connectivity index (χ3n) is 2.76. The van der Waals surface area contributed by atoms with E-state index in [2.05, 4.69) is 40.7 Å². The van der Waals surface area contributed by atoms with Crippen LogP contribution in [-0.4, -0.2) is 5.38 Å². The highest BCUT2D eigenvalue weighted by Crippen LogP contribution is 2.43. The van der Waals surface area contributed by atoms with Crippen LogP contribution in [0.4, 0.5) is 0 Å². The molecule has 0 heterocycles. The van der Waals surface area contributed by atoms with Crippen LogP contribution in [0.5, 0.6) is 0 Å². The summed E-state index contributed by atoms with van der Waals surface area (Å²) in [5, 5.41) is 0.234. The van der Waals surface area contributed by atoms with E-state index in [0.29, 0.717) is 5.41 Å². The molecule has 0 aromatic rings.